The molecule has 0 spiro atoms. The number of nitrogens with one attached hydrogen (secondary N) is 2. The van der Waals surface area contributed by atoms with Crippen molar-refractivity contribution in [1.29, 1.82) is 0 Å². The van der Waals surface area contributed by atoms with Crippen LogP contribution in [0, 0.1) is 0 Å². The summed E-state index contributed by atoms with van der Waals surface area (Å²) in [6, 6.07) is 16.3. The molecule has 2 N–H and O–H groups in total. The lowest BCUT2D eigenvalue weighted by Gasteiger charge is -2.09. The Hall–Kier alpha value is -3.13. The van der Waals surface area contributed by atoms with Crippen LogP contribution in [0.3, 0.4) is 0 Å². The van der Waals surface area contributed by atoms with Gasteiger partial charge in [0.05, 0.1) is 4.90 Å². The van der Waals surface area contributed by atoms with E-state index in [1.165, 1.54) is 24.3 Å². The van der Waals surface area contributed by atoms with Crippen molar-refractivity contribution in [2.75, 3.05) is 11.3 Å². The van der Waals surface area contributed by atoms with Gasteiger partial charge in [-0.3, -0.25) is 14.2 Å². The Morgan fingerprint density at radius 3 is 2.41 bits per heavy atom. The topological polar surface area (TPSA) is 93.1 Å². The number of carbonyl (C=O) groups excluding carboxylic acids is 1. The standard InChI is InChI=1S/C19H20N4O3S/c24-19(20-12-4-14-23-15-5-13-21-23)16-8-10-18(11-9-16)27(25,26)22-17-6-2-1-3-7-17/h1-3,5-11,13,15,22H,4,12,14H2,(H,20,24). The summed E-state index contributed by atoms with van der Waals surface area (Å²) < 4.78 is 29.1. The van der Waals surface area contributed by atoms with E-state index in [2.05, 4.69) is 15.1 Å². The summed E-state index contributed by atoms with van der Waals surface area (Å²) >= 11 is 0. The van der Waals surface area contributed by atoms with Crippen molar-refractivity contribution in [1.82, 2.24) is 15.1 Å². The molecule has 2 aromatic carbocycles. The van der Waals surface area contributed by atoms with E-state index in [4.69, 9.17) is 0 Å². The van der Waals surface area contributed by atoms with Crippen LogP contribution in [0.25, 0.3) is 0 Å². The molecule has 0 unspecified atom stereocenters. The quantitative estimate of drug-likeness (QED) is 0.584. The SMILES string of the molecule is O=C(NCCCn1cccn1)c1ccc(S(=O)(=O)Nc2ccccc2)cc1. The number of amides is 1. The summed E-state index contributed by atoms with van der Waals surface area (Å²) in [4.78, 5) is 12.3. The summed E-state index contributed by atoms with van der Waals surface area (Å²) in [5.74, 6) is -0.240. The average Bonchev–Trinajstić information content (AvgIpc) is 3.19. The summed E-state index contributed by atoms with van der Waals surface area (Å²) in [6.07, 6.45) is 4.33. The highest BCUT2D eigenvalue weighted by Gasteiger charge is 2.15. The van der Waals surface area contributed by atoms with Crippen molar-refractivity contribution in [2.24, 2.45) is 0 Å². The lowest BCUT2D eigenvalue weighted by Crippen LogP contribution is -2.25. The van der Waals surface area contributed by atoms with Crippen molar-refractivity contribution in [3.8, 4) is 0 Å². The van der Waals surface area contributed by atoms with Crippen molar-refractivity contribution < 1.29 is 13.2 Å². The molecule has 0 aliphatic carbocycles. The Bertz CT molecular complexity index is 970. The van der Waals surface area contributed by atoms with Crippen LogP contribution in [0.2, 0.25) is 0 Å². The molecule has 0 fully saturated rings. The number of hydrogen-bond acceptors (Lipinski definition) is 4. The fraction of sp³-hybridized carbons (Fsp3) is 0.158. The van der Waals surface area contributed by atoms with E-state index in [-0.39, 0.29) is 10.8 Å². The van der Waals surface area contributed by atoms with Gasteiger partial charge in [-0.05, 0) is 48.9 Å². The summed E-state index contributed by atoms with van der Waals surface area (Å²) in [7, 11) is -3.69. The van der Waals surface area contributed by atoms with Gasteiger partial charge in [0.25, 0.3) is 15.9 Å². The molecule has 3 aromatic rings. The zero-order chi connectivity index (χ0) is 19.1. The van der Waals surface area contributed by atoms with Crippen molar-refractivity contribution >= 4 is 21.6 Å². The van der Waals surface area contributed by atoms with Crippen molar-refractivity contribution in [3.05, 3.63) is 78.6 Å². The molecule has 27 heavy (non-hydrogen) atoms. The van der Waals surface area contributed by atoms with Gasteiger partial charge in [0.15, 0.2) is 0 Å². The highest BCUT2D eigenvalue weighted by Crippen LogP contribution is 2.16. The lowest BCUT2D eigenvalue weighted by atomic mass is 10.2. The van der Waals surface area contributed by atoms with Crippen LogP contribution in [0.4, 0.5) is 5.69 Å². The maximum Gasteiger partial charge on any atom is 0.261 e. The molecular formula is C19H20N4O3S. The number of carbonyl (C=O) groups is 1. The monoisotopic (exact) mass is 384 g/mol. The fourth-order valence-corrected chi connectivity index (χ4v) is 3.54. The normalized spacial score (nSPS) is 11.1. The van der Waals surface area contributed by atoms with E-state index in [1.807, 2.05) is 12.3 Å². The van der Waals surface area contributed by atoms with E-state index < -0.39 is 10.0 Å². The molecule has 0 saturated carbocycles. The second-order valence-corrected chi connectivity index (χ2v) is 7.56. The minimum atomic E-state index is -3.69. The molecule has 1 amide bonds. The molecule has 0 saturated heterocycles. The highest BCUT2D eigenvalue weighted by atomic mass is 32.2. The van der Waals surface area contributed by atoms with Gasteiger partial charge in [0, 0.05) is 36.7 Å². The van der Waals surface area contributed by atoms with Gasteiger partial charge in [-0.2, -0.15) is 5.10 Å². The Morgan fingerprint density at radius 1 is 1.00 bits per heavy atom. The largest absolute Gasteiger partial charge is 0.352 e. The second-order valence-electron chi connectivity index (χ2n) is 5.87. The zero-order valence-electron chi connectivity index (χ0n) is 14.6. The van der Waals surface area contributed by atoms with Crippen molar-refractivity contribution in [2.45, 2.75) is 17.9 Å². The number of aryl methyl sites for hydroxylation is 1. The lowest BCUT2D eigenvalue weighted by molar-refractivity contribution is 0.0952. The first-order chi connectivity index (χ1) is 13.0. The number of sulfonamides is 1. The molecule has 0 bridgehead atoms. The predicted octanol–water partition coefficient (Wildman–Crippen LogP) is 2.50. The summed E-state index contributed by atoms with van der Waals surface area (Å²) in [5, 5.41) is 6.91. The van der Waals surface area contributed by atoms with Crippen LogP contribution in [-0.4, -0.2) is 30.7 Å². The molecule has 8 heteroatoms. The van der Waals surface area contributed by atoms with Gasteiger partial charge >= 0.3 is 0 Å². The molecule has 3 rings (SSSR count). The Labute approximate surface area is 158 Å². The fourth-order valence-electron chi connectivity index (χ4n) is 2.48. The molecule has 0 aliphatic heterocycles. The van der Waals surface area contributed by atoms with Crippen LogP contribution >= 0.6 is 0 Å². The zero-order valence-corrected chi connectivity index (χ0v) is 15.4. The van der Waals surface area contributed by atoms with Crippen LogP contribution < -0.4 is 10.0 Å². The van der Waals surface area contributed by atoms with Gasteiger partial charge in [0.2, 0.25) is 0 Å². The maximum atomic E-state index is 12.4. The Morgan fingerprint density at radius 2 is 1.74 bits per heavy atom. The van der Waals surface area contributed by atoms with Gasteiger partial charge in [-0.1, -0.05) is 18.2 Å². The summed E-state index contributed by atoms with van der Waals surface area (Å²) in [6.45, 7) is 1.23. The highest BCUT2D eigenvalue weighted by molar-refractivity contribution is 7.92. The number of benzene rings is 2. The smallest absolute Gasteiger partial charge is 0.261 e. The van der Waals surface area contributed by atoms with Crippen LogP contribution in [0.15, 0.2) is 78.0 Å². The molecule has 7 nitrogen and oxygen atoms in total. The Kier molecular flexibility index (Phi) is 5.87. The Balaban J connectivity index is 1.55. The third kappa shape index (κ3) is 5.18. The third-order valence-electron chi connectivity index (χ3n) is 3.86. The molecule has 140 valence electrons. The molecule has 0 aliphatic rings. The van der Waals surface area contributed by atoms with E-state index >= 15 is 0 Å². The first-order valence-electron chi connectivity index (χ1n) is 8.48. The van der Waals surface area contributed by atoms with Crippen LogP contribution in [0.5, 0.6) is 0 Å². The first kappa shape index (κ1) is 18.7. The van der Waals surface area contributed by atoms with E-state index in [0.29, 0.717) is 17.8 Å². The number of anilines is 1. The summed E-state index contributed by atoms with van der Waals surface area (Å²) in [5.41, 5.74) is 0.893. The van der Waals surface area contributed by atoms with E-state index in [0.717, 1.165) is 13.0 Å². The average molecular weight is 384 g/mol. The number of para-hydroxylation sites is 1. The number of hydrogen-bond donors (Lipinski definition) is 2. The van der Waals surface area contributed by atoms with Crippen molar-refractivity contribution in [3.63, 3.8) is 0 Å². The second kappa shape index (κ2) is 8.50. The molecule has 1 heterocycles. The third-order valence-corrected chi connectivity index (χ3v) is 5.26. The molecule has 0 radical (unpaired) electrons. The molecular weight excluding hydrogens is 364 g/mol. The van der Waals surface area contributed by atoms with Gasteiger partial charge in [-0.15, -0.1) is 0 Å². The minimum absolute atomic E-state index is 0.0987. The number of rotatable bonds is 8. The van der Waals surface area contributed by atoms with Crippen LogP contribution in [-0.2, 0) is 16.6 Å². The van der Waals surface area contributed by atoms with Crippen LogP contribution in [0.1, 0.15) is 16.8 Å². The molecule has 0 atom stereocenters. The van der Waals surface area contributed by atoms with Gasteiger partial charge in [-0.25, -0.2) is 8.42 Å². The minimum Gasteiger partial charge on any atom is -0.352 e. The van der Waals surface area contributed by atoms with Gasteiger partial charge in [0.1, 0.15) is 0 Å². The maximum absolute atomic E-state index is 12.4. The predicted molar refractivity (Wildman–Crippen MR) is 103 cm³/mol. The van der Waals surface area contributed by atoms with E-state index in [9.17, 15) is 13.2 Å². The molecule has 1 aromatic heterocycles. The number of nitrogens with zero attached hydrogens (tertiary/aromatic N) is 2. The first-order valence-corrected chi connectivity index (χ1v) is 9.96. The van der Waals surface area contributed by atoms with E-state index in [1.54, 1.807) is 41.2 Å². The van der Waals surface area contributed by atoms with Gasteiger partial charge < -0.3 is 5.32 Å². The number of aromatic nitrogens is 2.